The maximum absolute atomic E-state index is 13.7. The Morgan fingerprint density at radius 3 is 2.49 bits per heavy atom. The summed E-state index contributed by atoms with van der Waals surface area (Å²) in [5, 5.41) is 8.49. The van der Waals surface area contributed by atoms with Gasteiger partial charge in [0.25, 0.3) is 5.56 Å². The molecule has 0 saturated carbocycles. The van der Waals surface area contributed by atoms with Gasteiger partial charge in [-0.25, -0.2) is 13.5 Å². The molecule has 0 spiro atoms. The van der Waals surface area contributed by atoms with E-state index in [9.17, 15) is 13.6 Å². The summed E-state index contributed by atoms with van der Waals surface area (Å²) in [5.41, 5.74) is 1.78. The van der Waals surface area contributed by atoms with Gasteiger partial charge in [-0.05, 0) is 42.8 Å². The topological polar surface area (TPSA) is 80.3 Å². The van der Waals surface area contributed by atoms with Crippen LogP contribution in [-0.4, -0.2) is 57.5 Å². The molecule has 0 radical (unpaired) electrons. The van der Waals surface area contributed by atoms with Gasteiger partial charge in [0.15, 0.2) is 0 Å². The third-order valence-electron chi connectivity index (χ3n) is 6.43. The van der Waals surface area contributed by atoms with Gasteiger partial charge in [-0.3, -0.25) is 9.69 Å². The number of benzene rings is 2. The molecule has 37 heavy (non-hydrogen) atoms. The van der Waals surface area contributed by atoms with Crippen LogP contribution < -0.4 is 10.5 Å². The number of halogens is 2. The molecule has 2 aromatic carbocycles. The molecule has 0 amide bonds. The number of aromatic nitrogens is 4. The highest BCUT2D eigenvalue weighted by Crippen LogP contribution is 2.23. The fourth-order valence-corrected chi connectivity index (χ4v) is 4.41. The van der Waals surface area contributed by atoms with Gasteiger partial charge < -0.3 is 9.42 Å². The Labute approximate surface area is 213 Å². The molecule has 0 aliphatic carbocycles. The van der Waals surface area contributed by atoms with Gasteiger partial charge in [0, 0.05) is 49.4 Å². The fourth-order valence-electron chi connectivity index (χ4n) is 4.41. The fraction of sp³-hybridized carbons (Fsp3) is 0.333. The van der Waals surface area contributed by atoms with Gasteiger partial charge in [-0.15, -0.1) is 0 Å². The summed E-state index contributed by atoms with van der Waals surface area (Å²) < 4.78 is 34.1. The predicted molar refractivity (Wildman–Crippen MR) is 136 cm³/mol. The maximum Gasteiger partial charge on any atom is 0.324 e. The molecule has 0 N–H and O–H groups in total. The largest absolute Gasteiger partial charge is 0.324 e. The van der Waals surface area contributed by atoms with Gasteiger partial charge in [0.05, 0.1) is 12.2 Å². The Morgan fingerprint density at radius 1 is 0.946 bits per heavy atom. The van der Waals surface area contributed by atoms with Crippen molar-refractivity contribution in [2.45, 2.75) is 26.3 Å². The van der Waals surface area contributed by atoms with Crippen LogP contribution in [0.3, 0.4) is 0 Å². The van der Waals surface area contributed by atoms with Crippen LogP contribution in [0.2, 0.25) is 0 Å². The lowest BCUT2D eigenvalue weighted by atomic mass is 10.1. The summed E-state index contributed by atoms with van der Waals surface area (Å²) in [6, 6.07) is 13.9. The highest BCUT2D eigenvalue weighted by atomic mass is 19.1. The van der Waals surface area contributed by atoms with E-state index in [1.54, 1.807) is 0 Å². The zero-order valence-corrected chi connectivity index (χ0v) is 20.6. The highest BCUT2D eigenvalue weighted by molar-refractivity contribution is 5.59. The molecule has 1 saturated heterocycles. The van der Waals surface area contributed by atoms with E-state index in [-0.39, 0.29) is 17.7 Å². The lowest BCUT2D eigenvalue weighted by molar-refractivity contribution is 0.247. The second kappa shape index (κ2) is 11.0. The minimum Gasteiger partial charge on any atom is -0.322 e. The van der Waals surface area contributed by atoms with Crippen molar-refractivity contribution in [2.24, 2.45) is 0 Å². The first-order chi connectivity index (χ1) is 18.0. The molecular weight excluding hydrogens is 478 g/mol. The summed E-state index contributed by atoms with van der Waals surface area (Å²) >= 11 is 0. The van der Waals surface area contributed by atoms with Crippen molar-refractivity contribution in [2.75, 3.05) is 37.6 Å². The van der Waals surface area contributed by atoms with Crippen molar-refractivity contribution >= 4 is 6.01 Å². The Hall–Kier alpha value is -3.92. The van der Waals surface area contributed by atoms with E-state index in [2.05, 4.69) is 32.0 Å². The third-order valence-corrected chi connectivity index (χ3v) is 6.43. The van der Waals surface area contributed by atoms with Gasteiger partial charge in [-0.1, -0.05) is 36.7 Å². The van der Waals surface area contributed by atoms with E-state index in [4.69, 9.17) is 4.52 Å². The standard InChI is InChI=1S/C27H28F2N6O2/c1-2-3-9-33-10-12-34(13-11-33)27-30-26(32-37-27)20-6-4-5-19(14-20)18-35-25(36)8-7-24(31-35)21-15-22(28)17-23(29)16-21/h4-8,14-17H,2-3,9-13,18H2,1H3. The molecular formula is C27H28F2N6O2. The van der Waals surface area contributed by atoms with Crippen molar-refractivity contribution in [1.82, 2.24) is 24.8 Å². The van der Waals surface area contributed by atoms with Crippen molar-refractivity contribution in [3.05, 3.63) is 82.1 Å². The van der Waals surface area contributed by atoms with Gasteiger partial charge >= 0.3 is 6.01 Å². The SMILES string of the molecule is CCCCN1CCN(c2nc(-c3cccc(Cn4nc(-c5cc(F)cc(F)c5)ccc4=O)c3)no2)CC1. The Balaban J connectivity index is 1.31. The minimum atomic E-state index is -0.708. The second-order valence-electron chi connectivity index (χ2n) is 9.16. The van der Waals surface area contributed by atoms with E-state index in [0.717, 1.165) is 49.9 Å². The Kier molecular flexibility index (Phi) is 7.36. The normalized spacial score (nSPS) is 14.3. The smallest absolute Gasteiger partial charge is 0.322 e. The van der Waals surface area contributed by atoms with Crippen LogP contribution in [0, 0.1) is 11.6 Å². The molecule has 0 bridgehead atoms. The Bertz CT molecular complexity index is 1410. The molecule has 192 valence electrons. The predicted octanol–water partition coefficient (Wildman–Crippen LogP) is 4.21. The van der Waals surface area contributed by atoms with Crippen molar-refractivity contribution in [1.29, 1.82) is 0 Å². The molecule has 1 aliphatic heterocycles. The summed E-state index contributed by atoms with van der Waals surface area (Å²) in [6.45, 7) is 7.10. The van der Waals surface area contributed by atoms with Gasteiger partial charge in [0.1, 0.15) is 11.6 Å². The molecule has 0 atom stereocenters. The van der Waals surface area contributed by atoms with E-state index < -0.39 is 11.6 Å². The number of nitrogens with zero attached hydrogens (tertiary/aromatic N) is 6. The van der Waals surface area contributed by atoms with Crippen LogP contribution in [0.5, 0.6) is 0 Å². The van der Waals surface area contributed by atoms with Gasteiger partial charge in [-0.2, -0.15) is 10.1 Å². The number of hydrogen-bond donors (Lipinski definition) is 0. The molecule has 1 aliphatic rings. The number of hydrogen-bond acceptors (Lipinski definition) is 7. The van der Waals surface area contributed by atoms with Crippen LogP contribution >= 0.6 is 0 Å². The van der Waals surface area contributed by atoms with E-state index in [1.165, 1.54) is 41.8 Å². The minimum absolute atomic E-state index is 0.169. The van der Waals surface area contributed by atoms with Crippen LogP contribution in [0.25, 0.3) is 22.6 Å². The number of unbranched alkanes of at least 4 members (excludes halogenated alkanes) is 1. The van der Waals surface area contributed by atoms with Crippen molar-refractivity contribution < 1.29 is 13.3 Å². The van der Waals surface area contributed by atoms with Crippen LogP contribution in [0.15, 0.2) is 63.9 Å². The lowest BCUT2D eigenvalue weighted by Crippen LogP contribution is -2.46. The Morgan fingerprint density at radius 2 is 1.73 bits per heavy atom. The van der Waals surface area contributed by atoms with E-state index >= 15 is 0 Å². The molecule has 5 rings (SSSR count). The highest BCUT2D eigenvalue weighted by Gasteiger charge is 2.21. The second-order valence-corrected chi connectivity index (χ2v) is 9.16. The summed E-state index contributed by atoms with van der Waals surface area (Å²) in [7, 11) is 0. The molecule has 3 heterocycles. The van der Waals surface area contributed by atoms with Crippen molar-refractivity contribution in [3.8, 4) is 22.6 Å². The molecule has 0 unspecified atom stereocenters. The summed E-state index contributed by atoms with van der Waals surface area (Å²) in [5.74, 6) is -0.949. The van der Waals surface area contributed by atoms with Crippen LogP contribution in [0.4, 0.5) is 14.8 Å². The molecule has 10 heteroatoms. The first kappa shape index (κ1) is 24.8. The quantitative estimate of drug-likeness (QED) is 0.354. The number of anilines is 1. The third kappa shape index (κ3) is 5.91. The average Bonchev–Trinajstić information content (AvgIpc) is 3.39. The molecule has 2 aromatic heterocycles. The zero-order chi connectivity index (χ0) is 25.8. The average molecular weight is 507 g/mol. The maximum atomic E-state index is 13.7. The summed E-state index contributed by atoms with van der Waals surface area (Å²) in [6.07, 6.45) is 2.39. The molecule has 8 nitrogen and oxygen atoms in total. The van der Waals surface area contributed by atoms with Gasteiger partial charge in [0.2, 0.25) is 5.82 Å². The molecule has 4 aromatic rings. The monoisotopic (exact) mass is 506 g/mol. The van der Waals surface area contributed by atoms with E-state index in [1.807, 2.05) is 24.3 Å². The zero-order valence-electron chi connectivity index (χ0n) is 20.6. The number of rotatable bonds is 8. The molecule has 1 fully saturated rings. The van der Waals surface area contributed by atoms with E-state index in [0.29, 0.717) is 17.5 Å². The lowest BCUT2D eigenvalue weighted by Gasteiger charge is -2.33. The summed E-state index contributed by atoms with van der Waals surface area (Å²) in [4.78, 5) is 21.6. The first-order valence-corrected chi connectivity index (χ1v) is 12.4. The van der Waals surface area contributed by atoms with Crippen LogP contribution in [0.1, 0.15) is 25.3 Å². The van der Waals surface area contributed by atoms with Crippen LogP contribution in [-0.2, 0) is 6.54 Å². The first-order valence-electron chi connectivity index (χ1n) is 12.4. The van der Waals surface area contributed by atoms with Crippen molar-refractivity contribution in [3.63, 3.8) is 0 Å². The number of piperazine rings is 1.